The van der Waals surface area contributed by atoms with Crippen LogP contribution < -0.4 is 11.2 Å². The van der Waals surface area contributed by atoms with Crippen molar-refractivity contribution >= 4 is 17.9 Å². The van der Waals surface area contributed by atoms with E-state index >= 15 is 0 Å². The maximum Gasteiger partial charge on any atom is 0.222 e. The molecule has 0 aliphatic heterocycles. The molecule has 0 saturated heterocycles. The van der Waals surface area contributed by atoms with E-state index in [0.29, 0.717) is 46.1 Å². The third kappa shape index (κ3) is 12.3. The van der Waals surface area contributed by atoms with Gasteiger partial charge >= 0.3 is 0 Å². The number of hydrogen-bond donors (Lipinski definition) is 2. The molecule has 3 aromatic rings. The van der Waals surface area contributed by atoms with Gasteiger partial charge in [0.15, 0.2) is 0 Å². The van der Waals surface area contributed by atoms with Crippen LogP contribution in [-0.2, 0) is 43.2 Å². The molecule has 0 saturated carbocycles. The van der Waals surface area contributed by atoms with E-state index < -0.39 is 0 Å². The van der Waals surface area contributed by atoms with E-state index in [1.54, 1.807) is 12.4 Å². The van der Waals surface area contributed by atoms with Gasteiger partial charge in [0.1, 0.15) is 0 Å². The van der Waals surface area contributed by atoms with E-state index in [9.17, 15) is 4.79 Å². The van der Waals surface area contributed by atoms with Gasteiger partial charge in [-0.05, 0) is 42.0 Å². The first kappa shape index (κ1) is 28.7. The number of benzene rings is 1. The molecule has 0 radical (unpaired) electrons. The Labute approximate surface area is 221 Å². The Hall–Kier alpha value is -2.90. The zero-order valence-electron chi connectivity index (χ0n) is 20.7. The summed E-state index contributed by atoms with van der Waals surface area (Å²) in [5, 5.41) is 2.88. The van der Waals surface area contributed by atoms with E-state index in [1.807, 2.05) is 60.7 Å². The zero-order valence-corrected chi connectivity index (χ0v) is 21.5. The summed E-state index contributed by atoms with van der Waals surface area (Å²) >= 11 is 1.01. The molecule has 0 bridgehead atoms. The highest BCUT2D eigenvalue weighted by atomic mass is 32.2. The van der Waals surface area contributed by atoms with E-state index in [1.165, 1.54) is 0 Å². The van der Waals surface area contributed by atoms with Gasteiger partial charge in [-0.1, -0.05) is 24.3 Å². The lowest BCUT2D eigenvalue weighted by Gasteiger charge is -2.21. The predicted octanol–water partition coefficient (Wildman–Crippen LogP) is 3.05. The van der Waals surface area contributed by atoms with Crippen LogP contribution in [0.5, 0.6) is 0 Å². The van der Waals surface area contributed by atoms with Gasteiger partial charge in [-0.2, -0.15) is 5.90 Å². The lowest BCUT2D eigenvalue weighted by atomic mass is 10.2. The molecular formula is C26H33N5O5S. The molecule has 198 valence electrons. The van der Waals surface area contributed by atoms with Crippen molar-refractivity contribution in [2.24, 2.45) is 5.90 Å². The second-order valence-corrected chi connectivity index (χ2v) is 8.77. The highest BCUT2D eigenvalue weighted by Gasteiger charge is 2.09. The predicted molar refractivity (Wildman–Crippen MR) is 139 cm³/mol. The Morgan fingerprint density at radius 2 is 1.51 bits per heavy atom. The maximum atomic E-state index is 12.0. The second kappa shape index (κ2) is 17.5. The van der Waals surface area contributed by atoms with Crippen LogP contribution in [0.15, 0.2) is 78.0 Å². The largest absolute Gasteiger partial charge is 0.379 e. The normalized spacial score (nSPS) is 11.1. The number of aromatic nitrogens is 2. The Balaban J connectivity index is 1.25. The molecule has 0 aliphatic rings. The summed E-state index contributed by atoms with van der Waals surface area (Å²) in [6.45, 7) is 4.41. The lowest BCUT2D eigenvalue weighted by Crippen LogP contribution is -2.28. The van der Waals surface area contributed by atoms with Crippen molar-refractivity contribution in [1.29, 1.82) is 0 Å². The van der Waals surface area contributed by atoms with Gasteiger partial charge in [0.2, 0.25) is 5.91 Å². The lowest BCUT2D eigenvalue weighted by molar-refractivity contribution is -0.195. The number of nitrogens with one attached hydrogen (secondary N) is 1. The number of nitrogens with zero attached hydrogens (tertiary/aromatic N) is 3. The molecule has 0 spiro atoms. The quantitative estimate of drug-likeness (QED) is 0.110. The summed E-state index contributed by atoms with van der Waals surface area (Å²) < 4.78 is 15.9. The van der Waals surface area contributed by atoms with Crippen molar-refractivity contribution in [3.8, 4) is 0 Å². The van der Waals surface area contributed by atoms with Crippen molar-refractivity contribution in [2.75, 3.05) is 33.0 Å². The SMILES string of the molecule is NOOSc1ccc(CNC(=O)CCOCCOCCN(Cc2ccccn2)Cc2ccccn2)cc1. The van der Waals surface area contributed by atoms with Crippen LogP contribution in [0.3, 0.4) is 0 Å². The van der Waals surface area contributed by atoms with Gasteiger partial charge in [-0.25, -0.2) is 0 Å². The molecule has 0 atom stereocenters. The highest BCUT2D eigenvalue weighted by Crippen LogP contribution is 2.19. The minimum absolute atomic E-state index is 0.0704. The molecule has 37 heavy (non-hydrogen) atoms. The molecule has 1 aromatic carbocycles. The first-order valence-electron chi connectivity index (χ1n) is 12.0. The van der Waals surface area contributed by atoms with Crippen LogP contribution in [0.25, 0.3) is 0 Å². The van der Waals surface area contributed by atoms with Gasteiger partial charge in [0, 0.05) is 49.9 Å². The first-order valence-corrected chi connectivity index (χ1v) is 12.7. The van der Waals surface area contributed by atoms with Crippen molar-refractivity contribution in [1.82, 2.24) is 20.2 Å². The van der Waals surface area contributed by atoms with Gasteiger partial charge in [0.05, 0.1) is 49.9 Å². The van der Waals surface area contributed by atoms with Crippen molar-refractivity contribution in [2.45, 2.75) is 31.0 Å². The third-order valence-corrected chi connectivity index (χ3v) is 5.81. The van der Waals surface area contributed by atoms with E-state index in [4.69, 9.17) is 15.4 Å². The Morgan fingerprint density at radius 1 is 0.865 bits per heavy atom. The molecule has 0 aliphatic carbocycles. The summed E-state index contributed by atoms with van der Waals surface area (Å²) in [5.41, 5.74) is 2.98. The van der Waals surface area contributed by atoms with Crippen LogP contribution >= 0.6 is 12.0 Å². The number of pyridine rings is 2. The summed E-state index contributed by atoms with van der Waals surface area (Å²) in [6.07, 6.45) is 3.89. The van der Waals surface area contributed by atoms with E-state index in [-0.39, 0.29) is 12.3 Å². The monoisotopic (exact) mass is 527 g/mol. The fraction of sp³-hybridized carbons (Fsp3) is 0.346. The van der Waals surface area contributed by atoms with Crippen molar-refractivity contribution in [3.05, 3.63) is 90.0 Å². The minimum atomic E-state index is -0.0704. The Morgan fingerprint density at radius 3 is 2.11 bits per heavy atom. The van der Waals surface area contributed by atoms with Gasteiger partial charge in [-0.15, -0.1) is 9.32 Å². The van der Waals surface area contributed by atoms with Crippen LogP contribution in [0.4, 0.5) is 0 Å². The molecule has 3 rings (SSSR count). The highest BCUT2D eigenvalue weighted by molar-refractivity contribution is 7.94. The summed E-state index contributed by atoms with van der Waals surface area (Å²) in [5.74, 6) is 4.74. The second-order valence-electron chi connectivity index (χ2n) is 8.00. The topological polar surface area (TPSA) is 121 Å². The fourth-order valence-corrected chi connectivity index (χ4v) is 3.71. The number of carbonyl (C=O) groups excluding carboxylic acids is 1. The smallest absolute Gasteiger partial charge is 0.222 e. The van der Waals surface area contributed by atoms with E-state index in [2.05, 4.69) is 29.5 Å². The van der Waals surface area contributed by atoms with E-state index in [0.717, 1.165) is 40.4 Å². The van der Waals surface area contributed by atoms with Gasteiger partial charge in [0.25, 0.3) is 0 Å². The number of nitrogens with two attached hydrogens (primary N) is 1. The zero-order chi connectivity index (χ0) is 26.0. The Bertz CT molecular complexity index is 973. The molecular weight excluding hydrogens is 494 g/mol. The molecule has 2 aromatic heterocycles. The summed E-state index contributed by atoms with van der Waals surface area (Å²) in [4.78, 5) is 28.0. The number of hydrogen-bond acceptors (Lipinski definition) is 10. The average Bonchev–Trinajstić information content (AvgIpc) is 2.93. The molecule has 0 unspecified atom stereocenters. The third-order valence-electron chi connectivity index (χ3n) is 5.20. The van der Waals surface area contributed by atoms with Crippen molar-refractivity contribution in [3.63, 3.8) is 0 Å². The number of ether oxygens (including phenoxy) is 2. The molecule has 1 amide bonds. The molecule has 10 nitrogen and oxygen atoms in total. The fourth-order valence-electron chi connectivity index (χ4n) is 3.35. The minimum Gasteiger partial charge on any atom is -0.379 e. The number of rotatable bonds is 18. The Kier molecular flexibility index (Phi) is 13.6. The molecule has 11 heteroatoms. The van der Waals surface area contributed by atoms with Gasteiger partial charge < -0.3 is 14.8 Å². The summed E-state index contributed by atoms with van der Waals surface area (Å²) in [7, 11) is 0. The van der Waals surface area contributed by atoms with Crippen LogP contribution in [0.1, 0.15) is 23.4 Å². The molecule has 3 N–H and O–H groups in total. The molecule has 2 heterocycles. The first-order chi connectivity index (χ1) is 18.2. The van der Waals surface area contributed by atoms with Crippen molar-refractivity contribution < 1.29 is 23.6 Å². The summed E-state index contributed by atoms with van der Waals surface area (Å²) in [6, 6.07) is 19.3. The maximum absolute atomic E-state index is 12.0. The van der Waals surface area contributed by atoms with Crippen LogP contribution in [0.2, 0.25) is 0 Å². The van der Waals surface area contributed by atoms with Gasteiger partial charge in [-0.3, -0.25) is 19.7 Å². The van der Waals surface area contributed by atoms with Crippen LogP contribution in [-0.4, -0.2) is 53.7 Å². The standard InChI is InChI=1S/C26H33N5O5S/c27-35-36-37-25-9-7-22(8-10-25)19-30-26(32)11-15-33-17-18-34-16-14-31(20-23-5-1-3-12-28-23)21-24-6-2-4-13-29-24/h1-10,12-13H,11,14-21,27H2,(H,30,32). The number of carbonyl (C=O) groups is 1. The number of amides is 1. The van der Waals surface area contributed by atoms with Crippen LogP contribution in [0, 0.1) is 0 Å². The molecule has 0 fully saturated rings. The average molecular weight is 528 g/mol.